The van der Waals surface area contributed by atoms with Crippen LogP contribution in [-0.4, -0.2) is 39.6 Å². The normalized spacial score (nSPS) is 19.1. The number of terminal acetylenes is 1. The number of imidazole rings is 1. The molecule has 1 fully saturated rings. The highest BCUT2D eigenvalue weighted by Crippen LogP contribution is 2.17. The van der Waals surface area contributed by atoms with Crippen LogP contribution in [0.25, 0.3) is 11.0 Å². The number of hydrogen-bond acceptors (Lipinski definition) is 3. The van der Waals surface area contributed by atoms with Gasteiger partial charge in [-0.2, -0.15) is 0 Å². The molecule has 0 saturated carbocycles. The van der Waals surface area contributed by atoms with Gasteiger partial charge in [0.15, 0.2) is 0 Å². The average molecular weight is 268 g/mol. The van der Waals surface area contributed by atoms with Crippen molar-refractivity contribution in [1.29, 1.82) is 0 Å². The van der Waals surface area contributed by atoms with E-state index in [1.165, 1.54) is 0 Å². The monoisotopic (exact) mass is 268 g/mol. The van der Waals surface area contributed by atoms with Gasteiger partial charge in [-0.05, 0) is 31.5 Å². The lowest BCUT2D eigenvalue weighted by Crippen LogP contribution is -2.42. The number of benzene rings is 1. The first kappa shape index (κ1) is 12.7. The van der Waals surface area contributed by atoms with E-state index in [1.54, 1.807) is 11.0 Å². The molecule has 1 atom stereocenters. The lowest BCUT2D eigenvalue weighted by Gasteiger charge is -2.21. The lowest BCUT2D eigenvalue weighted by atomic mass is 10.2. The van der Waals surface area contributed by atoms with E-state index >= 15 is 0 Å². The van der Waals surface area contributed by atoms with Crippen LogP contribution in [0.3, 0.4) is 0 Å². The van der Waals surface area contributed by atoms with Crippen molar-refractivity contribution in [2.45, 2.75) is 18.9 Å². The molecule has 3 rings (SSSR count). The van der Waals surface area contributed by atoms with Crippen LogP contribution in [0.4, 0.5) is 0 Å². The molecule has 1 aliphatic heterocycles. The molecule has 2 aromatic rings. The molecule has 5 nitrogen and oxygen atoms in total. The molecule has 1 N–H and O–H groups in total. The highest BCUT2D eigenvalue weighted by molar-refractivity contribution is 5.90. The lowest BCUT2D eigenvalue weighted by molar-refractivity contribution is -0.121. The van der Waals surface area contributed by atoms with E-state index in [4.69, 9.17) is 6.42 Å². The molecule has 20 heavy (non-hydrogen) atoms. The third kappa shape index (κ3) is 2.26. The molecular weight excluding hydrogens is 252 g/mol. The predicted molar refractivity (Wildman–Crippen MR) is 77.5 cm³/mol. The molecule has 0 bridgehead atoms. The second-order valence-corrected chi connectivity index (χ2v) is 4.91. The van der Waals surface area contributed by atoms with Gasteiger partial charge in [-0.25, -0.2) is 9.66 Å². The molecule has 1 saturated heterocycles. The molecule has 1 aromatic carbocycles. The summed E-state index contributed by atoms with van der Waals surface area (Å²) in [6.07, 6.45) is 8.82. The fourth-order valence-corrected chi connectivity index (χ4v) is 2.67. The highest BCUT2D eigenvalue weighted by atomic mass is 16.2. The van der Waals surface area contributed by atoms with E-state index in [0.29, 0.717) is 6.54 Å². The molecule has 1 aromatic heterocycles. The number of hydrogen-bond donors (Lipinski definition) is 1. The summed E-state index contributed by atoms with van der Waals surface area (Å²) in [5.41, 5.74) is 4.65. The molecular formula is C15H16N4O. The number of aromatic nitrogens is 2. The number of nitrogens with zero attached hydrogens (tertiary/aromatic N) is 3. The fraction of sp³-hybridized carbons (Fsp3) is 0.333. The molecule has 2 heterocycles. The number of fused-ring (bicyclic) bond motifs is 1. The molecule has 0 aliphatic carbocycles. The molecule has 0 unspecified atom stereocenters. The highest BCUT2D eigenvalue weighted by Gasteiger charge is 2.30. The molecule has 0 radical (unpaired) electrons. The summed E-state index contributed by atoms with van der Waals surface area (Å²) in [5.74, 6) is 2.58. The topological polar surface area (TPSA) is 50.2 Å². The van der Waals surface area contributed by atoms with Crippen molar-refractivity contribution in [2.75, 3.05) is 18.5 Å². The van der Waals surface area contributed by atoms with Gasteiger partial charge in [0.05, 0.1) is 23.6 Å². The molecule has 1 aliphatic rings. The Hall–Kier alpha value is -2.32. The van der Waals surface area contributed by atoms with E-state index in [2.05, 4.69) is 16.3 Å². The summed E-state index contributed by atoms with van der Waals surface area (Å²) in [5, 5.41) is 0. The van der Waals surface area contributed by atoms with Crippen LogP contribution in [0.5, 0.6) is 0 Å². The largest absolute Gasteiger partial charge is 0.281 e. The zero-order valence-electron chi connectivity index (χ0n) is 11.1. The molecule has 102 valence electrons. The first-order chi connectivity index (χ1) is 9.79. The molecule has 5 heteroatoms. The smallest absolute Gasteiger partial charge is 0.256 e. The molecule has 1 amide bonds. The van der Waals surface area contributed by atoms with E-state index in [-0.39, 0.29) is 11.9 Å². The van der Waals surface area contributed by atoms with Crippen LogP contribution in [-0.2, 0) is 4.79 Å². The van der Waals surface area contributed by atoms with Gasteiger partial charge in [0.25, 0.3) is 5.91 Å². The number of para-hydroxylation sites is 2. The van der Waals surface area contributed by atoms with E-state index < -0.39 is 0 Å². The van der Waals surface area contributed by atoms with Gasteiger partial charge in [0.2, 0.25) is 0 Å². The SMILES string of the molecule is C#CCN1CCC[C@H]1C(=O)Nn1cnc2ccccc21. The van der Waals surface area contributed by atoms with Crippen LogP contribution in [0.1, 0.15) is 12.8 Å². The van der Waals surface area contributed by atoms with Crippen molar-refractivity contribution in [2.24, 2.45) is 0 Å². The van der Waals surface area contributed by atoms with Gasteiger partial charge in [-0.1, -0.05) is 18.1 Å². The van der Waals surface area contributed by atoms with Crippen molar-refractivity contribution in [3.05, 3.63) is 30.6 Å². The van der Waals surface area contributed by atoms with Gasteiger partial charge in [-0.3, -0.25) is 15.1 Å². The Morgan fingerprint density at radius 3 is 3.20 bits per heavy atom. The summed E-state index contributed by atoms with van der Waals surface area (Å²) >= 11 is 0. The van der Waals surface area contributed by atoms with Gasteiger partial charge in [0.1, 0.15) is 6.33 Å². The zero-order chi connectivity index (χ0) is 13.9. The number of likely N-dealkylation sites (tertiary alicyclic amines) is 1. The average Bonchev–Trinajstić information content (AvgIpc) is 3.07. The number of nitrogens with one attached hydrogen (secondary N) is 1. The number of rotatable bonds is 3. The van der Waals surface area contributed by atoms with E-state index in [1.807, 2.05) is 29.2 Å². The van der Waals surface area contributed by atoms with Crippen LogP contribution >= 0.6 is 0 Å². The number of amides is 1. The standard InChI is InChI=1S/C15H16N4O/c1-2-9-18-10-5-8-14(18)15(20)17-19-11-16-12-6-3-4-7-13(12)19/h1,3-4,6-7,11,14H,5,8-10H2,(H,17,20)/t14-/m0/s1. The first-order valence-electron chi connectivity index (χ1n) is 6.70. The van der Waals surface area contributed by atoms with Crippen molar-refractivity contribution < 1.29 is 4.79 Å². The summed E-state index contributed by atoms with van der Waals surface area (Å²) in [4.78, 5) is 18.7. The Morgan fingerprint density at radius 2 is 2.35 bits per heavy atom. The summed E-state index contributed by atoms with van der Waals surface area (Å²) in [6, 6.07) is 7.54. The van der Waals surface area contributed by atoms with Gasteiger partial charge in [0, 0.05) is 0 Å². The zero-order valence-corrected chi connectivity index (χ0v) is 11.1. The second-order valence-electron chi connectivity index (χ2n) is 4.91. The number of carbonyl (C=O) groups is 1. The number of carbonyl (C=O) groups excluding carboxylic acids is 1. The van der Waals surface area contributed by atoms with Crippen LogP contribution in [0.2, 0.25) is 0 Å². The quantitative estimate of drug-likeness (QED) is 0.851. The van der Waals surface area contributed by atoms with Crippen molar-refractivity contribution in [3.8, 4) is 12.3 Å². The Kier molecular flexibility index (Phi) is 3.40. The van der Waals surface area contributed by atoms with Crippen LogP contribution < -0.4 is 5.43 Å². The maximum Gasteiger partial charge on any atom is 0.256 e. The van der Waals surface area contributed by atoms with Gasteiger partial charge >= 0.3 is 0 Å². The summed E-state index contributed by atoms with van der Waals surface area (Å²) in [7, 11) is 0. The minimum Gasteiger partial charge on any atom is -0.281 e. The van der Waals surface area contributed by atoms with Crippen molar-refractivity contribution in [3.63, 3.8) is 0 Å². The minimum absolute atomic E-state index is 0.0269. The Balaban J connectivity index is 1.77. The maximum atomic E-state index is 12.4. The third-order valence-corrected chi connectivity index (χ3v) is 3.64. The minimum atomic E-state index is -0.146. The van der Waals surface area contributed by atoms with Crippen LogP contribution in [0, 0.1) is 12.3 Å². The first-order valence-corrected chi connectivity index (χ1v) is 6.70. The van der Waals surface area contributed by atoms with E-state index in [0.717, 1.165) is 30.4 Å². The Labute approximate surface area is 117 Å². The fourth-order valence-electron chi connectivity index (χ4n) is 2.67. The van der Waals surface area contributed by atoms with Gasteiger partial charge in [-0.15, -0.1) is 6.42 Å². The van der Waals surface area contributed by atoms with E-state index in [9.17, 15) is 4.79 Å². The predicted octanol–water partition coefficient (Wildman–Crippen LogP) is 1.20. The maximum absolute atomic E-state index is 12.4. The van der Waals surface area contributed by atoms with Gasteiger partial charge < -0.3 is 0 Å². The van der Waals surface area contributed by atoms with Crippen molar-refractivity contribution >= 4 is 16.9 Å². The third-order valence-electron chi connectivity index (χ3n) is 3.64. The second kappa shape index (κ2) is 5.35. The molecule has 0 spiro atoms. The summed E-state index contributed by atoms with van der Waals surface area (Å²) in [6.45, 7) is 1.40. The van der Waals surface area contributed by atoms with Crippen LogP contribution in [0.15, 0.2) is 30.6 Å². The Morgan fingerprint density at radius 1 is 1.50 bits per heavy atom. The van der Waals surface area contributed by atoms with Crippen molar-refractivity contribution in [1.82, 2.24) is 14.6 Å². The summed E-state index contributed by atoms with van der Waals surface area (Å²) < 4.78 is 1.67. The Bertz CT molecular complexity index is 670.